The zero-order valence-electron chi connectivity index (χ0n) is 15.7. The van der Waals surface area contributed by atoms with Gasteiger partial charge in [-0.3, -0.25) is 9.59 Å². The molecule has 2 aliphatic carbocycles. The van der Waals surface area contributed by atoms with E-state index in [9.17, 15) is 14.0 Å². The molecule has 0 aliphatic heterocycles. The third-order valence-corrected chi connectivity index (χ3v) is 6.80. The minimum Gasteiger partial charge on any atom is -0.365 e. The van der Waals surface area contributed by atoms with Crippen molar-refractivity contribution in [1.82, 2.24) is 0 Å². The average molecular weight is 403 g/mol. The van der Waals surface area contributed by atoms with Crippen LogP contribution in [0.2, 0.25) is 0 Å². The predicted molar refractivity (Wildman–Crippen MR) is 107 cm³/mol. The molecule has 2 aromatic rings. The van der Waals surface area contributed by atoms with Gasteiger partial charge in [0.1, 0.15) is 17.4 Å². The fraction of sp³-hybridized carbons (Fsp3) is 0.429. The number of carbonyl (C=O) groups excluding carboxylic acids is 2. The molecule has 1 aromatic heterocycles. The van der Waals surface area contributed by atoms with Crippen LogP contribution in [0.15, 0.2) is 24.3 Å². The molecule has 4 N–H and O–H groups in total. The number of aryl methyl sites for hydroxylation is 1. The first-order valence-corrected chi connectivity index (χ1v) is 10.7. The number of benzene rings is 1. The van der Waals surface area contributed by atoms with Gasteiger partial charge in [-0.25, -0.2) is 4.39 Å². The first-order chi connectivity index (χ1) is 13.5. The fourth-order valence-electron chi connectivity index (χ4n) is 4.02. The second-order valence-corrected chi connectivity index (χ2v) is 8.81. The van der Waals surface area contributed by atoms with E-state index in [1.165, 1.54) is 17.4 Å². The SMILES string of the molecule is NC(=O)c1c(NC(=O)C[NH+](Cc2ccccc2F)C2CC2)sc2c1CCCC2. The van der Waals surface area contributed by atoms with Gasteiger partial charge in [0.15, 0.2) is 6.54 Å². The summed E-state index contributed by atoms with van der Waals surface area (Å²) >= 11 is 1.47. The molecule has 2 amide bonds. The van der Waals surface area contributed by atoms with Crippen LogP contribution in [0.1, 0.15) is 52.0 Å². The van der Waals surface area contributed by atoms with Gasteiger partial charge in [0, 0.05) is 23.3 Å². The second kappa shape index (κ2) is 8.01. The molecule has 2 aliphatic rings. The summed E-state index contributed by atoms with van der Waals surface area (Å²) in [5, 5.41) is 3.50. The number of quaternary nitrogens is 1. The van der Waals surface area contributed by atoms with Gasteiger partial charge in [-0.1, -0.05) is 18.2 Å². The van der Waals surface area contributed by atoms with Crippen LogP contribution in [0.25, 0.3) is 0 Å². The number of carbonyl (C=O) groups is 2. The van der Waals surface area contributed by atoms with E-state index < -0.39 is 5.91 Å². The predicted octanol–water partition coefficient (Wildman–Crippen LogP) is 2.05. The summed E-state index contributed by atoms with van der Waals surface area (Å²) < 4.78 is 14.0. The highest BCUT2D eigenvalue weighted by Gasteiger charge is 2.35. The maximum atomic E-state index is 14.0. The molecule has 148 valence electrons. The van der Waals surface area contributed by atoms with Crippen molar-refractivity contribution >= 4 is 28.2 Å². The molecule has 1 atom stereocenters. The highest BCUT2D eigenvalue weighted by atomic mass is 32.1. The Morgan fingerprint density at radius 2 is 1.96 bits per heavy atom. The number of nitrogens with one attached hydrogen (secondary N) is 2. The number of primary amides is 1. The molecular weight excluding hydrogens is 377 g/mol. The number of thiophene rings is 1. The van der Waals surface area contributed by atoms with Crippen LogP contribution in [0.4, 0.5) is 9.39 Å². The van der Waals surface area contributed by atoms with E-state index >= 15 is 0 Å². The third kappa shape index (κ3) is 4.10. The summed E-state index contributed by atoms with van der Waals surface area (Å²) in [4.78, 5) is 27.0. The van der Waals surface area contributed by atoms with Crippen molar-refractivity contribution in [1.29, 1.82) is 0 Å². The molecule has 0 radical (unpaired) electrons. The number of hydrogen-bond acceptors (Lipinski definition) is 3. The van der Waals surface area contributed by atoms with Crippen LogP contribution < -0.4 is 16.0 Å². The van der Waals surface area contributed by atoms with Crippen molar-refractivity contribution in [2.75, 3.05) is 11.9 Å². The van der Waals surface area contributed by atoms with Gasteiger partial charge in [0.05, 0.1) is 11.6 Å². The minimum absolute atomic E-state index is 0.153. The lowest BCUT2D eigenvalue weighted by atomic mass is 9.95. The number of amides is 2. The normalized spacial score (nSPS) is 17.0. The van der Waals surface area contributed by atoms with Crippen molar-refractivity contribution < 1.29 is 18.9 Å². The summed E-state index contributed by atoms with van der Waals surface area (Å²) in [7, 11) is 0. The molecule has 1 aromatic carbocycles. The van der Waals surface area contributed by atoms with Crippen LogP contribution in [0, 0.1) is 5.82 Å². The lowest BCUT2D eigenvalue weighted by Gasteiger charge is -2.19. The number of anilines is 1. The Bertz CT molecular complexity index is 907. The van der Waals surface area contributed by atoms with Gasteiger partial charge < -0.3 is 16.0 Å². The summed E-state index contributed by atoms with van der Waals surface area (Å²) in [5.41, 5.74) is 7.73. The topological polar surface area (TPSA) is 76.6 Å². The highest BCUT2D eigenvalue weighted by molar-refractivity contribution is 7.17. The molecule has 1 saturated carbocycles. The Labute approximate surface area is 167 Å². The molecule has 1 unspecified atom stereocenters. The Hall–Kier alpha value is -2.25. The van der Waals surface area contributed by atoms with Crippen molar-refractivity contribution in [2.24, 2.45) is 5.73 Å². The van der Waals surface area contributed by atoms with Gasteiger partial charge in [0.25, 0.3) is 11.8 Å². The van der Waals surface area contributed by atoms with E-state index in [0.29, 0.717) is 28.7 Å². The lowest BCUT2D eigenvalue weighted by molar-refractivity contribution is -0.917. The smallest absolute Gasteiger partial charge is 0.280 e. The average Bonchev–Trinajstić information content (AvgIpc) is 3.43. The van der Waals surface area contributed by atoms with E-state index in [1.807, 2.05) is 6.07 Å². The number of rotatable bonds is 7. The number of halogens is 1. The first-order valence-electron chi connectivity index (χ1n) is 9.85. The minimum atomic E-state index is -0.479. The first kappa shape index (κ1) is 19.1. The molecular formula is C21H25FN3O2S+. The molecule has 1 heterocycles. The van der Waals surface area contributed by atoms with E-state index in [0.717, 1.165) is 53.9 Å². The summed E-state index contributed by atoms with van der Waals surface area (Å²) in [5.74, 6) is -0.866. The van der Waals surface area contributed by atoms with Crippen molar-refractivity contribution in [3.63, 3.8) is 0 Å². The summed E-state index contributed by atoms with van der Waals surface area (Å²) in [6.45, 7) is 0.730. The molecule has 0 bridgehead atoms. The number of fused-ring (bicyclic) bond motifs is 1. The number of nitrogens with two attached hydrogens (primary N) is 1. The van der Waals surface area contributed by atoms with Gasteiger partial charge in [0.2, 0.25) is 0 Å². The van der Waals surface area contributed by atoms with Crippen LogP contribution in [0.5, 0.6) is 0 Å². The van der Waals surface area contributed by atoms with Crippen LogP contribution >= 0.6 is 11.3 Å². The molecule has 7 heteroatoms. The van der Waals surface area contributed by atoms with Gasteiger partial charge >= 0.3 is 0 Å². The van der Waals surface area contributed by atoms with E-state index in [2.05, 4.69) is 5.32 Å². The molecule has 0 saturated heterocycles. The standard InChI is InChI=1S/C21H24FN3O2S/c22-16-7-3-1-5-13(16)11-25(14-9-10-14)12-18(26)24-21-19(20(23)27)15-6-2-4-8-17(15)28-21/h1,3,5,7,14H,2,4,6,8-12H2,(H2,23,27)(H,24,26)/p+1. The van der Waals surface area contributed by atoms with E-state index in [1.54, 1.807) is 12.1 Å². The summed E-state index contributed by atoms with van der Waals surface area (Å²) in [6, 6.07) is 7.10. The Morgan fingerprint density at radius 1 is 1.21 bits per heavy atom. The van der Waals surface area contributed by atoms with Crippen LogP contribution in [-0.2, 0) is 24.2 Å². The Morgan fingerprint density at radius 3 is 2.68 bits per heavy atom. The Balaban J connectivity index is 1.48. The summed E-state index contributed by atoms with van der Waals surface area (Å²) in [6.07, 6.45) is 6.02. The van der Waals surface area contributed by atoms with Gasteiger partial charge in [-0.2, -0.15) is 0 Å². The molecule has 0 spiro atoms. The van der Waals surface area contributed by atoms with E-state index in [4.69, 9.17) is 5.73 Å². The van der Waals surface area contributed by atoms with Gasteiger partial charge in [-0.15, -0.1) is 11.3 Å². The van der Waals surface area contributed by atoms with E-state index in [-0.39, 0.29) is 18.3 Å². The zero-order valence-corrected chi connectivity index (χ0v) is 16.5. The second-order valence-electron chi connectivity index (χ2n) is 7.70. The maximum absolute atomic E-state index is 14.0. The van der Waals surface area contributed by atoms with Crippen LogP contribution in [0.3, 0.4) is 0 Å². The maximum Gasteiger partial charge on any atom is 0.280 e. The molecule has 28 heavy (non-hydrogen) atoms. The molecule has 5 nitrogen and oxygen atoms in total. The van der Waals surface area contributed by atoms with Crippen molar-refractivity contribution in [3.05, 3.63) is 51.7 Å². The van der Waals surface area contributed by atoms with Crippen molar-refractivity contribution in [2.45, 2.75) is 51.1 Å². The van der Waals surface area contributed by atoms with Crippen LogP contribution in [-0.4, -0.2) is 24.4 Å². The highest BCUT2D eigenvalue weighted by Crippen LogP contribution is 2.37. The van der Waals surface area contributed by atoms with Crippen molar-refractivity contribution in [3.8, 4) is 0 Å². The fourth-order valence-corrected chi connectivity index (χ4v) is 5.33. The monoisotopic (exact) mass is 402 g/mol. The Kier molecular flexibility index (Phi) is 5.46. The lowest BCUT2D eigenvalue weighted by Crippen LogP contribution is -3.13. The molecule has 1 fully saturated rings. The zero-order chi connectivity index (χ0) is 19.7. The quantitative estimate of drug-likeness (QED) is 0.663. The largest absolute Gasteiger partial charge is 0.365 e. The number of hydrogen-bond donors (Lipinski definition) is 3. The third-order valence-electron chi connectivity index (χ3n) is 5.59. The molecule has 4 rings (SSSR count). The van der Waals surface area contributed by atoms with Gasteiger partial charge in [-0.05, 0) is 37.3 Å².